The molecule has 0 unspecified atom stereocenters. The van der Waals surface area contributed by atoms with Crippen molar-refractivity contribution in [2.75, 3.05) is 32.8 Å². The van der Waals surface area contributed by atoms with Crippen molar-refractivity contribution in [3.05, 3.63) is 22.2 Å². The number of phenolic OH excluding ortho intramolecular Hbond substituents is 1. The molecule has 0 radical (unpaired) electrons. The van der Waals surface area contributed by atoms with E-state index in [4.69, 9.17) is 4.74 Å². The highest BCUT2D eigenvalue weighted by Gasteiger charge is 2.36. The van der Waals surface area contributed by atoms with Crippen LogP contribution in [0.5, 0.6) is 11.5 Å². The van der Waals surface area contributed by atoms with E-state index in [-0.39, 0.29) is 23.9 Å². The van der Waals surface area contributed by atoms with Gasteiger partial charge < -0.3 is 15.2 Å². The molecule has 2 rings (SSSR count). The van der Waals surface area contributed by atoms with E-state index in [1.54, 1.807) is 6.92 Å². The number of aromatic hydroxyl groups is 1. The van der Waals surface area contributed by atoms with E-state index in [2.05, 4.69) is 21.2 Å². The first-order valence-corrected chi connectivity index (χ1v) is 8.28. The van der Waals surface area contributed by atoms with Gasteiger partial charge in [0.1, 0.15) is 0 Å². The Bertz CT molecular complexity index is 540. The van der Waals surface area contributed by atoms with Crippen molar-refractivity contribution >= 4 is 28.3 Å². The minimum Gasteiger partial charge on any atom is -0.503 e. The van der Waals surface area contributed by atoms with E-state index in [0.29, 0.717) is 42.8 Å². The minimum atomic E-state index is -4.27. The van der Waals surface area contributed by atoms with Gasteiger partial charge >= 0.3 is 6.18 Å². The van der Waals surface area contributed by atoms with Crippen LogP contribution in [0.2, 0.25) is 0 Å². The van der Waals surface area contributed by atoms with E-state index in [1.165, 1.54) is 12.1 Å². The first-order chi connectivity index (χ1) is 10.8. The third-order valence-electron chi connectivity index (χ3n) is 3.75. The quantitative estimate of drug-likeness (QED) is 0.740. The number of benzene rings is 1. The zero-order chi connectivity index (χ0) is 17.0. The van der Waals surface area contributed by atoms with Gasteiger partial charge in [0.2, 0.25) is 0 Å². The van der Waals surface area contributed by atoms with Crippen LogP contribution < -0.4 is 10.1 Å². The van der Waals surface area contributed by atoms with Gasteiger partial charge in [-0.1, -0.05) is 0 Å². The first-order valence-electron chi connectivity index (χ1n) is 7.48. The number of hydrogen-bond acceptors (Lipinski definition) is 4. The van der Waals surface area contributed by atoms with Crippen molar-refractivity contribution < 1.29 is 23.0 Å². The van der Waals surface area contributed by atoms with Crippen LogP contribution in [0.3, 0.4) is 0 Å². The highest BCUT2D eigenvalue weighted by molar-refractivity contribution is 9.10. The second-order valence-electron chi connectivity index (χ2n) is 5.40. The maximum absolute atomic E-state index is 13.0. The van der Waals surface area contributed by atoms with Crippen LogP contribution in [0.4, 0.5) is 13.2 Å². The third-order valence-corrected chi connectivity index (χ3v) is 4.36. The third kappa shape index (κ3) is 5.68. The topological polar surface area (TPSA) is 44.7 Å². The molecule has 0 aliphatic carbocycles. The number of nitrogens with one attached hydrogen (secondary N) is 1. The van der Waals surface area contributed by atoms with Crippen LogP contribution in [0.15, 0.2) is 16.6 Å². The second kappa shape index (κ2) is 9.12. The van der Waals surface area contributed by atoms with Gasteiger partial charge in [0.05, 0.1) is 17.5 Å². The highest BCUT2D eigenvalue weighted by atomic mass is 79.9. The van der Waals surface area contributed by atoms with Gasteiger partial charge in [0, 0.05) is 32.2 Å². The van der Waals surface area contributed by atoms with Gasteiger partial charge in [-0.25, -0.2) is 0 Å². The molecule has 1 saturated heterocycles. The van der Waals surface area contributed by atoms with Crippen molar-refractivity contribution in [3.8, 4) is 11.5 Å². The fourth-order valence-electron chi connectivity index (χ4n) is 2.72. The van der Waals surface area contributed by atoms with Crippen LogP contribution in [-0.4, -0.2) is 49.0 Å². The Morgan fingerprint density at radius 2 is 1.96 bits per heavy atom. The van der Waals surface area contributed by atoms with Gasteiger partial charge in [-0.2, -0.15) is 13.2 Å². The summed E-state index contributed by atoms with van der Waals surface area (Å²) in [6.07, 6.45) is -5.21. The van der Waals surface area contributed by atoms with Crippen molar-refractivity contribution in [2.24, 2.45) is 0 Å². The van der Waals surface area contributed by atoms with E-state index in [0.717, 1.165) is 0 Å². The number of halogens is 5. The zero-order valence-electron chi connectivity index (χ0n) is 13.2. The minimum absolute atomic E-state index is 0. The predicted octanol–water partition coefficient (Wildman–Crippen LogP) is 3.87. The molecule has 1 aromatic rings. The average Bonchev–Trinajstić information content (AvgIpc) is 2.49. The first kappa shape index (κ1) is 21.3. The number of ether oxygens (including phenoxy) is 1. The number of piperazine rings is 1. The summed E-state index contributed by atoms with van der Waals surface area (Å²) in [5.74, 6) is 0.0980. The Balaban J connectivity index is 0.00000288. The molecule has 0 aromatic heterocycles. The molecule has 0 saturated carbocycles. The second-order valence-corrected chi connectivity index (χ2v) is 6.26. The molecule has 138 valence electrons. The van der Waals surface area contributed by atoms with E-state index in [1.807, 2.05) is 4.90 Å². The van der Waals surface area contributed by atoms with Crippen molar-refractivity contribution in [1.82, 2.24) is 10.2 Å². The summed E-state index contributed by atoms with van der Waals surface area (Å²) in [5, 5.41) is 13.1. The van der Waals surface area contributed by atoms with Gasteiger partial charge in [-0.15, -0.1) is 12.4 Å². The SMILES string of the molecule is CCOc1cc([C@@H](CC(F)(F)F)N2CCNCC2)cc(Br)c1O.Cl. The lowest BCUT2D eigenvalue weighted by molar-refractivity contribution is -0.148. The molecule has 24 heavy (non-hydrogen) atoms. The molecule has 1 heterocycles. The molecular formula is C15H21BrClF3N2O2. The van der Waals surface area contributed by atoms with Gasteiger partial charge in [-0.05, 0) is 40.5 Å². The summed E-state index contributed by atoms with van der Waals surface area (Å²) in [7, 11) is 0. The summed E-state index contributed by atoms with van der Waals surface area (Å²) in [5.41, 5.74) is 0.484. The highest BCUT2D eigenvalue weighted by Crippen LogP contribution is 2.41. The van der Waals surface area contributed by atoms with Crippen molar-refractivity contribution in [1.29, 1.82) is 0 Å². The molecule has 1 atom stereocenters. The molecule has 1 fully saturated rings. The Labute approximate surface area is 153 Å². The van der Waals surface area contributed by atoms with E-state index < -0.39 is 18.6 Å². The number of nitrogens with zero attached hydrogens (tertiary/aromatic N) is 1. The monoisotopic (exact) mass is 432 g/mol. The number of phenols is 1. The molecule has 4 nitrogen and oxygen atoms in total. The summed E-state index contributed by atoms with van der Waals surface area (Å²) in [4.78, 5) is 1.82. The maximum atomic E-state index is 13.0. The van der Waals surface area contributed by atoms with Gasteiger partial charge in [-0.3, -0.25) is 4.90 Å². The molecule has 9 heteroatoms. The fraction of sp³-hybridized carbons (Fsp3) is 0.600. The molecule has 0 amide bonds. The van der Waals surface area contributed by atoms with Gasteiger partial charge in [0.25, 0.3) is 0 Å². The van der Waals surface area contributed by atoms with Crippen LogP contribution in [-0.2, 0) is 0 Å². The van der Waals surface area contributed by atoms with Crippen molar-refractivity contribution in [3.63, 3.8) is 0 Å². The summed E-state index contributed by atoms with van der Waals surface area (Å²) >= 11 is 3.20. The molecule has 0 spiro atoms. The Morgan fingerprint density at radius 1 is 1.33 bits per heavy atom. The number of alkyl halides is 3. The average molecular weight is 434 g/mol. The molecule has 1 aromatic carbocycles. The van der Waals surface area contributed by atoms with Crippen LogP contribution in [0, 0.1) is 0 Å². The molecule has 1 aliphatic rings. The number of hydrogen-bond donors (Lipinski definition) is 2. The largest absolute Gasteiger partial charge is 0.503 e. The van der Waals surface area contributed by atoms with Crippen LogP contribution >= 0.6 is 28.3 Å². The lowest BCUT2D eigenvalue weighted by Gasteiger charge is -2.36. The fourth-order valence-corrected chi connectivity index (χ4v) is 3.18. The Hall–Kier alpha value is -0.700. The zero-order valence-corrected chi connectivity index (χ0v) is 15.6. The summed E-state index contributed by atoms with van der Waals surface area (Å²) < 4.78 is 44.8. The normalized spacial score (nSPS) is 17.2. The molecular weight excluding hydrogens is 413 g/mol. The smallest absolute Gasteiger partial charge is 0.390 e. The predicted molar refractivity (Wildman–Crippen MR) is 92.1 cm³/mol. The summed E-state index contributed by atoms with van der Waals surface area (Å²) in [6, 6.07) is 2.24. The molecule has 2 N–H and O–H groups in total. The molecule has 1 aliphatic heterocycles. The Morgan fingerprint density at radius 3 is 2.50 bits per heavy atom. The van der Waals surface area contributed by atoms with Crippen LogP contribution in [0.25, 0.3) is 0 Å². The Kier molecular flexibility index (Phi) is 8.11. The van der Waals surface area contributed by atoms with Crippen molar-refractivity contribution in [2.45, 2.75) is 25.6 Å². The summed E-state index contributed by atoms with van der Waals surface area (Å²) in [6.45, 7) is 4.48. The maximum Gasteiger partial charge on any atom is 0.390 e. The molecule has 0 bridgehead atoms. The number of rotatable bonds is 5. The van der Waals surface area contributed by atoms with E-state index in [9.17, 15) is 18.3 Å². The van der Waals surface area contributed by atoms with Crippen LogP contribution in [0.1, 0.15) is 24.9 Å². The standard InChI is InChI=1S/C15H20BrF3N2O2.ClH/c1-2-23-13-8-10(7-11(16)14(13)22)12(9-15(17,18)19)21-5-3-20-4-6-21;/h7-8,12,20,22H,2-6,9H2,1H3;1H/t12-;/m1./s1. The lowest BCUT2D eigenvalue weighted by Crippen LogP contribution is -2.46. The lowest BCUT2D eigenvalue weighted by atomic mass is 10.00. The van der Waals surface area contributed by atoms with Gasteiger partial charge in [0.15, 0.2) is 11.5 Å². The van der Waals surface area contributed by atoms with E-state index >= 15 is 0 Å².